The molecule has 0 aliphatic heterocycles. The summed E-state index contributed by atoms with van der Waals surface area (Å²) >= 11 is 5.71. The van der Waals surface area contributed by atoms with Crippen molar-refractivity contribution in [1.29, 1.82) is 0 Å². The van der Waals surface area contributed by atoms with Gasteiger partial charge in [-0.15, -0.1) is 0 Å². The molecule has 0 radical (unpaired) electrons. The molecule has 1 aliphatic carbocycles. The summed E-state index contributed by atoms with van der Waals surface area (Å²) in [4.78, 5) is 17.8. The highest BCUT2D eigenvalue weighted by Crippen LogP contribution is 2.32. The molecule has 1 aromatic carbocycles. The van der Waals surface area contributed by atoms with Gasteiger partial charge >= 0.3 is 0 Å². The monoisotopic (exact) mass is 496 g/mol. The second-order valence-corrected chi connectivity index (χ2v) is 9.28. The van der Waals surface area contributed by atoms with Crippen LogP contribution in [0.3, 0.4) is 0 Å². The summed E-state index contributed by atoms with van der Waals surface area (Å²) in [6.07, 6.45) is 8.64. The average Bonchev–Trinajstić information content (AvgIpc) is 3.70. The number of hydrogen-bond acceptors (Lipinski definition) is 6. The molecule has 35 heavy (non-hydrogen) atoms. The highest BCUT2D eigenvalue weighted by molar-refractivity contribution is 7.80. The van der Waals surface area contributed by atoms with E-state index in [1.54, 1.807) is 6.20 Å². The van der Waals surface area contributed by atoms with Crippen LogP contribution >= 0.6 is 12.2 Å². The summed E-state index contributed by atoms with van der Waals surface area (Å²) in [5, 5.41) is 6.61. The quantitative estimate of drug-likeness (QED) is 0.290. The molecule has 1 unspecified atom stereocenters. The number of hydrogen-bond donors (Lipinski definition) is 2. The summed E-state index contributed by atoms with van der Waals surface area (Å²) < 4.78 is 28.0. The van der Waals surface area contributed by atoms with Crippen molar-refractivity contribution in [3.8, 4) is 11.3 Å². The van der Waals surface area contributed by atoms with Gasteiger partial charge in [-0.1, -0.05) is 51.0 Å². The molecule has 2 N–H and O–H groups in total. The van der Waals surface area contributed by atoms with Gasteiger partial charge < -0.3 is 10.6 Å². The minimum absolute atomic E-state index is 0.0597. The summed E-state index contributed by atoms with van der Waals surface area (Å²) in [5.74, 6) is -1.58. The maximum atomic E-state index is 14.0. The molecule has 2 aromatic heterocycles. The third kappa shape index (κ3) is 6.54. The van der Waals surface area contributed by atoms with E-state index < -0.39 is 5.92 Å². The maximum Gasteiger partial charge on any atom is 0.290 e. The lowest BCUT2D eigenvalue weighted by molar-refractivity contribution is -0.0130. The van der Waals surface area contributed by atoms with Gasteiger partial charge in [-0.25, -0.2) is 15.0 Å². The number of nitrogens with zero attached hydrogens (tertiary/aromatic N) is 4. The van der Waals surface area contributed by atoms with E-state index in [4.69, 9.17) is 12.2 Å². The van der Waals surface area contributed by atoms with Gasteiger partial charge in [0.1, 0.15) is 5.69 Å². The molecule has 2 heterocycles. The molecular weight excluding hydrogens is 466 g/mol. The van der Waals surface area contributed by atoms with Crippen molar-refractivity contribution in [2.45, 2.75) is 57.8 Å². The third-order valence-electron chi connectivity index (χ3n) is 6.19. The number of anilines is 2. The molecule has 0 bridgehead atoms. The van der Waals surface area contributed by atoms with Crippen molar-refractivity contribution in [2.24, 2.45) is 5.92 Å². The average molecular weight is 497 g/mol. The number of alkyl halides is 2. The molecule has 1 fully saturated rings. The molecule has 3 aromatic rings. The number of rotatable bonds is 11. The number of halogens is 2. The maximum absolute atomic E-state index is 14.0. The number of nitrogens with one attached hydrogen (secondary N) is 2. The van der Waals surface area contributed by atoms with Gasteiger partial charge in [0.25, 0.3) is 5.92 Å². The van der Waals surface area contributed by atoms with Crippen molar-refractivity contribution in [3.63, 3.8) is 0 Å². The first-order chi connectivity index (χ1) is 16.9. The Kier molecular flexibility index (Phi) is 7.95. The lowest BCUT2D eigenvalue weighted by Gasteiger charge is -2.18. The second-order valence-electron chi connectivity index (χ2n) is 8.84. The van der Waals surface area contributed by atoms with Crippen LogP contribution in [0.1, 0.15) is 63.3 Å². The van der Waals surface area contributed by atoms with E-state index in [1.807, 2.05) is 30.3 Å². The van der Waals surface area contributed by atoms with Gasteiger partial charge in [0.05, 0.1) is 34.7 Å². The molecule has 1 aliphatic rings. The standard InChI is InChI=1S/C26H30F2N6S/c1-3-20(21-12-14-31-25(34-21)30-13-11-17-5-6-17)24(35)32-19-9-7-18(8-10-19)22-15-29-16-23(33-22)26(27,28)4-2/h7-10,12,14-17,20H,3-6,11,13H2,1-2H3,(H,32,35)(H,30,31,34). The van der Waals surface area contributed by atoms with Gasteiger partial charge in [-0.05, 0) is 37.0 Å². The van der Waals surface area contributed by atoms with E-state index in [1.165, 1.54) is 26.0 Å². The highest BCUT2D eigenvalue weighted by atomic mass is 32.1. The SMILES string of the molecule is CCC(C(=S)Nc1ccc(-c2cncc(C(F)(F)CC)n2)cc1)c1ccnc(NCCC2CC2)n1. The fourth-order valence-corrected chi connectivity index (χ4v) is 4.20. The first-order valence-corrected chi connectivity index (χ1v) is 12.5. The van der Waals surface area contributed by atoms with Crippen LogP contribution in [0, 0.1) is 5.92 Å². The van der Waals surface area contributed by atoms with E-state index in [0.29, 0.717) is 22.2 Å². The third-order valence-corrected chi connectivity index (χ3v) is 6.58. The van der Waals surface area contributed by atoms with E-state index in [9.17, 15) is 8.78 Å². The number of benzene rings is 1. The lowest BCUT2D eigenvalue weighted by Crippen LogP contribution is -2.20. The fraction of sp³-hybridized carbons (Fsp3) is 0.423. The predicted octanol–water partition coefficient (Wildman–Crippen LogP) is 6.58. The minimum Gasteiger partial charge on any atom is -0.354 e. The summed E-state index contributed by atoms with van der Waals surface area (Å²) in [6.45, 7) is 4.38. The van der Waals surface area contributed by atoms with Gasteiger partial charge in [0.2, 0.25) is 5.95 Å². The lowest BCUT2D eigenvalue weighted by atomic mass is 10.0. The van der Waals surface area contributed by atoms with Crippen LogP contribution in [0.2, 0.25) is 0 Å². The Bertz CT molecular complexity index is 1150. The van der Waals surface area contributed by atoms with E-state index in [-0.39, 0.29) is 18.0 Å². The van der Waals surface area contributed by atoms with Crippen molar-refractivity contribution in [1.82, 2.24) is 19.9 Å². The molecular formula is C26H30F2N6S. The van der Waals surface area contributed by atoms with Gasteiger partial charge in [-0.3, -0.25) is 4.98 Å². The number of aromatic nitrogens is 4. The van der Waals surface area contributed by atoms with E-state index in [2.05, 4.69) is 37.5 Å². The Morgan fingerprint density at radius 1 is 1.11 bits per heavy atom. The molecule has 0 spiro atoms. The zero-order chi connectivity index (χ0) is 24.8. The first-order valence-electron chi connectivity index (χ1n) is 12.1. The van der Waals surface area contributed by atoms with Crippen LogP contribution in [0.5, 0.6) is 0 Å². The molecule has 6 nitrogen and oxygen atoms in total. The predicted molar refractivity (Wildman–Crippen MR) is 139 cm³/mol. The Balaban J connectivity index is 1.41. The normalized spacial score (nSPS) is 14.4. The van der Waals surface area contributed by atoms with Gasteiger partial charge in [0, 0.05) is 30.4 Å². The summed E-state index contributed by atoms with van der Waals surface area (Å²) in [7, 11) is 0. The van der Waals surface area contributed by atoms with Crippen molar-refractivity contribution in [3.05, 3.63) is 60.3 Å². The van der Waals surface area contributed by atoms with Crippen LogP contribution in [0.4, 0.5) is 20.4 Å². The Hall–Kier alpha value is -3.07. The Labute approximate surface area is 210 Å². The van der Waals surface area contributed by atoms with Gasteiger partial charge in [0.15, 0.2) is 0 Å². The molecule has 9 heteroatoms. The van der Waals surface area contributed by atoms with Crippen LogP contribution in [-0.4, -0.2) is 31.5 Å². The molecule has 184 valence electrons. The number of thiocarbonyl (C=S) groups is 1. The fourth-order valence-electron chi connectivity index (χ4n) is 3.79. The molecule has 0 amide bonds. The van der Waals surface area contributed by atoms with Crippen molar-refractivity contribution in [2.75, 3.05) is 17.2 Å². The van der Waals surface area contributed by atoms with Crippen LogP contribution in [0.25, 0.3) is 11.3 Å². The van der Waals surface area contributed by atoms with Crippen LogP contribution in [-0.2, 0) is 5.92 Å². The van der Waals surface area contributed by atoms with E-state index in [0.717, 1.165) is 42.9 Å². The summed E-state index contributed by atoms with van der Waals surface area (Å²) in [5.41, 5.74) is 2.45. The van der Waals surface area contributed by atoms with Crippen LogP contribution in [0.15, 0.2) is 48.9 Å². The Morgan fingerprint density at radius 3 is 2.57 bits per heavy atom. The van der Waals surface area contributed by atoms with Crippen molar-refractivity contribution < 1.29 is 8.78 Å². The smallest absolute Gasteiger partial charge is 0.290 e. The second kappa shape index (κ2) is 11.1. The van der Waals surface area contributed by atoms with Crippen LogP contribution < -0.4 is 10.6 Å². The molecule has 4 rings (SSSR count). The minimum atomic E-state index is -3.00. The zero-order valence-electron chi connectivity index (χ0n) is 20.0. The first kappa shape index (κ1) is 25.0. The largest absolute Gasteiger partial charge is 0.354 e. The van der Waals surface area contributed by atoms with Crippen molar-refractivity contribution >= 4 is 28.8 Å². The zero-order valence-corrected chi connectivity index (χ0v) is 20.8. The topological polar surface area (TPSA) is 75.6 Å². The summed E-state index contributed by atoms with van der Waals surface area (Å²) in [6, 6.07) is 9.23. The van der Waals surface area contributed by atoms with Gasteiger partial charge in [-0.2, -0.15) is 8.78 Å². The van der Waals surface area contributed by atoms with E-state index >= 15 is 0 Å². The molecule has 0 saturated heterocycles. The molecule has 1 saturated carbocycles. The molecule has 1 atom stereocenters. The Morgan fingerprint density at radius 2 is 1.89 bits per heavy atom. The highest BCUT2D eigenvalue weighted by Gasteiger charge is 2.31.